The molecule has 1 aromatic heterocycles. The van der Waals surface area contributed by atoms with Crippen molar-refractivity contribution < 1.29 is 9.21 Å². The standard InChI is InChI=1S/C20H18BrNO3/c1-20(2,3)19(24)22-14-9-6-10-16-18(14)15(23)11-17(25-16)12-7-4-5-8-13(12)21/h4-11H,1-3H3,(H,22,24). The molecule has 5 heteroatoms. The SMILES string of the molecule is CC(C)(C)C(=O)Nc1cccc2oc(-c3ccccc3Br)cc(=O)c12. The van der Waals surface area contributed by atoms with Gasteiger partial charge in [-0.2, -0.15) is 0 Å². The molecule has 2 aromatic carbocycles. The van der Waals surface area contributed by atoms with Gasteiger partial charge in [0.25, 0.3) is 0 Å². The Labute approximate surface area is 154 Å². The molecular weight excluding hydrogens is 382 g/mol. The fraction of sp³-hybridized carbons (Fsp3) is 0.200. The van der Waals surface area contributed by atoms with E-state index in [2.05, 4.69) is 21.2 Å². The van der Waals surface area contributed by atoms with Crippen LogP contribution in [-0.2, 0) is 4.79 Å². The van der Waals surface area contributed by atoms with Gasteiger partial charge < -0.3 is 9.73 Å². The fourth-order valence-electron chi connectivity index (χ4n) is 2.42. The van der Waals surface area contributed by atoms with Gasteiger partial charge in [0.15, 0.2) is 5.43 Å². The summed E-state index contributed by atoms with van der Waals surface area (Å²) in [7, 11) is 0. The van der Waals surface area contributed by atoms with Crippen molar-refractivity contribution >= 4 is 38.5 Å². The van der Waals surface area contributed by atoms with Gasteiger partial charge in [-0.1, -0.05) is 61.0 Å². The number of anilines is 1. The number of amides is 1. The van der Waals surface area contributed by atoms with Crippen LogP contribution >= 0.6 is 15.9 Å². The van der Waals surface area contributed by atoms with Crippen LogP contribution in [0.5, 0.6) is 0 Å². The Morgan fingerprint density at radius 2 is 1.80 bits per heavy atom. The number of hydrogen-bond acceptors (Lipinski definition) is 3. The Bertz CT molecular complexity index is 1020. The molecule has 0 saturated carbocycles. The van der Waals surface area contributed by atoms with Crippen LogP contribution in [0.15, 0.2) is 62.2 Å². The van der Waals surface area contributed by atoms with E-state index in [0.717, 1.165) is 10.0 Å². The summed E-state index contributed by atoms with van der Waals surface area (Å²) >= 11 is 3.47. The van der Waals surface area contributed by atoms with Crippen LogP contribution < -0.4 is 10.7 Å². The lowest BCUT2D eigenvalue weighted by Gasteiger charge is -2.18. The second-order valence-corrected chi connectivity index (χ2v) is 7.69. The summed E-state index contributed by atoms with van der Waals surface area (Å²) in [5.41, 5.74) is 0.939. The van der Waals surface area contributed by atoms with Gasteiger partial charge in [0.2, 0.25) is 5.91 Å². The van der Waals surface area contributed by atoms with Crippen molar-refractivity contribution in [2.45, 2.75) is 20.8 Å². The molecule has 25 heavy (non-hydrogen) atoms. The van der Waals surface area contributed by atoms with E-state index >= 15 is 0 Å². The molecule has 1 heterocycles. The molecule has 128 valence electrons. The van der Waals surface area contributed by atoms with Gasteiger partial charge in [0.05, 0.1) is 11.1 Å². The highest BCUT2D eigenvalue weighted by atomic mass is 79.9. The molecule has 0 atom stereocenters. The number of halogens is 1. The second kappa shape index (κ2) is 6.48. The predicted octanol–water partition coefficient (Wildman–Crippen LogP) is 5.21. The monoisotopic (exact) mass is 399 g/mol. The van der Waals surface area contributed by atoms with E-state index in [1.807, 2.05) is 45.0 Å². The summed E-state index contributed by atoms with van der Waals surface area (Å²) in [5.74, 6) is 0.318. The molecule has 1 amide bonds. The lowest BCUT2D eigenvalue weighted by atomic mass is 9.95. The molecule has 1 N–H and O–H groups in total. The van der Waals surface area contributed by atoms with E-state index in [-0.39, 0.29) is 11.3 Å². The number of carbonyl (C=O) groups is 1. The summed E-state index contributed by atoms with van der Waals surface area (Å²) in [5, 5.41) is 3.20. The first-order valence-electron chi connectivity index (χ1n) is 7.90. The van der Waals surface area contributed by atoms with Crippen LogP contribution in [0.4, 0.5) is 5.69 Å². The van der Waals surface area contributed by atoms with E-state index in [4.69, 9.17) is 4.42 Å². The van der Waals surface area contributed by atoms with Gasteiger partial charge in [-0.15, -0.1) is 0 Å². The smallest absolute Gasteiger partial charge is 0.229 e. The molecule has 3 rings (SSSR count). The van der Waals surface area contributed by atoms with E-state index in [1.165, 1.54) is 6.07 Å². The minimum Gasteiger partial charge on any atom is -0.456 e. The van der Waals surface area contributed by atoms with Gasteiger partial charge in [0, 0.05) is 21.5 Å². The molecule has 0 fully saturated rings. The maximum Gasteiger partial charge on any atom is 0.229 e. The summed E-state index contributed by atoms with van der Waals surface area (Å²) in [6.07, 6.45) is 0. The van der Waals surface area contributed by atoms with Gasteiger partial charge >= 0.3 is 0 Å². The minimum absolute atomic E-state index is 0.158. The number of fused-ring (bicyclic) bond motifs is 1. The fourth-order valence-corrected chi connectivity index (χ4v) is 2.90. The molecule has 0 aliphatic heterocycles. The Balaban J connectivity index is 2.14. The van der Waals surface area contributed by atoms with Crippen LogP contribution in [0.25, 0.3) is 22.3 Å². The maximum absolute atomic E-state index is 12.7. The van der Waals surface area contributed by atoms with Crippen molar-refractivity contribution in [2.24, 2.45) is 5.41 Å². The number of hydrogen-bond donors (Lipinski definition) is 1. The lowest BCUT2D eigenvalue weighted by Crippen LogP contribution is -2.28. The molecular formula is C20H18BrNO3. The highest BCUT2D eigenvalue weighted by Gasteiger charge is 2.22. The third kappa shape index (κ3) is 3.51. The molecule has 0 unspecified atom stereocenters. The summed E-state index contributed by atoms with van der Waals surface area (Å²) < 4.78 is 6.78. The number of rotatable bonds is 2. The van der Waals surface area contributed by atoms with Crippen molar-refractivity contribution in [2.75, 3.05) is 5.32 Å². The average molecular weight is 400 g/mol. The Morgan fingerprint density at radius 1 is 1.08 bits per heavy atom. The van der Waals surface area contributed by atoms with E-state index in [0.29, 0.717) is 22.4 Å². The first-order valence-corrected chi connectivity index (χ1v) is 8.70. The number of nitrogens with one attached hydrogen (secondary N) is 1. The third-order valence-corrected chi connectivity index (χ3v) is 4.51. The molecule has 0 bridgehead atoms. The van der Waals surface area contributed by atoms with E-state index in [9.17, 15) is 9.59 Å². The van der Waals surface area contributed by atoms with E-state index in [1.54, 1.807) is 18.2 Å². The van der Waals surface area contributed by atoms with E-state index < -0.39 is 5.41 Å². The van der Waals surface area contributed by atoms with Crippen LogP contribution in [0.3, 0.4) is 0 Å². The Morgan fingerprint density at radius 3 is 2.48 bits per heavy atom. The highest BCUT2D eigenvalue weighted by molar-refractivity contribution is 9.10. The molecule has 4 nitrogen and oxygen atoms in total. The summed E-state index contributed by atoms with van der Waals surface area (Å²) in [6.45, 7) is 5.46. The third-order valence-electron chi connectivity index (χ3n) is 3.82. The Kier molecular flexibility index (Phi) is 4.52. The van der Waals surface area contributed by atoms with Crippen molar-refractivity contribution in [1.29, 1.82) is 0 Å². The molecule has 0 radical (unpaired) electrons. The van der Waals surface area contributed by atoms with Crippen LogP contribution in [0.1, 0.15) is 20.8 Å². The van der Waals surface area contributed by atoms with Gasteiger partial charge in [-0.05, 0) is 18.2 Å². The zero-order chi connectivity index (χ0) is 18.2. The van der Waals surface area contributed by atoms with Crippen molar-refractivity contribution in [3.05, 3.63) is 63.2 Å². The molecule has 0 saturated heterocycles. The molecule has 0 spiro atoms. The summed E-state index contributed by atoms with van der Waals surface area (Å²) in [6, 6.07) is 14.2. The second-order valence-electron chi connectivity index (χ2n) is 6.84. The predicted molar refractivity (Wildman–Crippen MR) is 104 cm³/mol. The zero-order valence-electron chi connectivity index (χ0n) is 14.2. The van der Waals surface area contributed by atoms with Crippen molar-refractivity contribution in [1.82, 2.24) is 0 Å². The quantitative estimate of drug-likeness (QED) is 0.643. The topological polar surface area (TPSA) is 59.3 Å². The lowest BCUT2D eigenvalue weighted by molar-refractivity contribution is -0.123. The molecule has 0 aliphatic rings. The Hall–Kier alpha value is -2.40. The average Bonchev–Trinajstić information content (AvgIpc) is 2.54. The number of carbonyl (C=O) groups excluding carboxylic acids is 1. The maximum atomic E-state index is 12.7. The van der Waals surface area contributed by atoms with Crippen LogP contribution in [-0.4, -0.2) is 5.91 Å². The van der Waals surface area contributed by atoms with Gasteiger partial charge in [-0.3, -0.25) is 9.59 Å². The largest absolute Gasteiger partial charge is 0.456 e. The van der Waals surface area contributed by atoms with Gasteiger partial charge in [-0.25, -0.2) is 0 Å². The highest BCUT2D eigenvalue weighted by Crippen LogP contribution is 2.31. The first kappa shape index (κ1) is 17.4. The van der Waals surface area contributed by atoms with Crippen LogP contribution in [0.2, 0.25) is 0 Å². The molecule has 3 aromatic rings. The normalized spacial score (nSPS) is 11.5. The number of benzene rings is 2. The molecule has 0 aliphatic carbocycles. The minimum atomic E-state index is -0.558. The van der Waals surface area contributed by atoms with Crippen LogP contribution in [0, 0.1) is 5.41 Å². The van der Waals surface area contributed by atoms with Crippen molar-refractivity contribution in [3.63, 3.8) is 0 Å². The van der Waals surface area contributed by atoms with Gasteiger partial charge in [0.1, 0.15) is 11.3 Å². The summed E-state index contributed by atoms with van der Waals surface area (Å²) in [4.78, 5) is 25.0. The first-order chi connectivity index (χ1) is 11.8. The zero-order valence-corrected chi connectivity index (χ0v) is 15.8. The van der Waals surface area contributed by atoms with Crippen molar-refractivity contribution in [3.8, 4) is 11.3 Å².